The van der Waals surface area contributed by atoms with E-state index in [1.807, 2.05) is 18.2 Å². The average Bonchev–Trinajstić information content (AvgIpc) is 2.47. The zero-order valence-electron chi connectivity index (χ0n) is 12.2. The van der Waals surface area contributed by atoms with Crippen LogP contribution in [-0.4, -0.2) is 13.4 Å². The first-order valence-corrected chi connectivity index (χ1v) is 9.24. The highest BCUT2D eigenvalue weighted by atomic mass is 79.9. The summed E-state index contributed by atoms with van der Waals surface area (Å²) in [7, 11) is -3.61. The van der Waals surface area contributed by atoms with E-state index < -0.39 is 10.0 Å². The van der Waals surface area contributed by atoms with E-state index >= 15 is 0 Å². The van der Waals surface area contributed by atoms with E-state index in [2.05, 4.69) is 25.6 Å². The van der Waals surface area contributed by atoms with E-state index in [1.54, 1.807) is 12.3 Å². The van der Waals surface area contributed by atoms with Gasteiger partial charge in [-0.25, -0.2) is 13.1 Å². The van der Waals surface area contributed by atoms with E-state index in [9.17, 15) is 8.42 Å². The predicted octanol–water partition coefficient (Wildman–Crippen LogP) is 3.20. The van der Waals surface area contributed by atoms with Crippen LogP contribution in [0.2, 0.25) is 0 Å². The van der Waals surface area contributed by atoms with Crippen LogP contribution in [0.4, 0.5) is 5.69 Å². The zero-order chi connectivity index (χ0) is 15.7. The molecule has 0 aliphatic heterocycles. The van der Waals surface area contributed by atoms with Crippen LogP contribution < -0.4 is 10.5 Å². The van der Waals surface area contributed by atoms with Gasteiger partial charge in [0.05, 0.1) is 0 Å². The minimum absolute atomic E-state index is 0. The van der Waals surface area contributed by atoms with Crippen molar-refractivity contribution in [3.63, 3.8) is 0 Å². The molecule has 8 heteroatoms. The second kappa shape index (κ2) is 7.17. The van der Waals surface area contributed by atoms with Crippen molar-refractivity contribution >= 4 is 44.0 Å². The number of nitrogen functional groups attached to an aromatic ring is 1. The first-order chi connectivity index (χ1) is 10.5. The van der Waals surface area contributed by atoms with Gasteiger partial charge >= 0.3 is 0 Å². The van der Waals surface area contributed by atoms with Gasteiger partial charge in [0, 0.05) is 28.6 Å². The Hall–Kier alpha value is -1.15. The summed E-state index contributed by atoms with van der Waals surface area (Å²) in [6.45, 7) is 0. The molecule has 0 saturated heterocycles. The van der Waals surface area contributed by atoms with Crippen LogP contribution in [0, 0.1) is 0 Å². The zero-order valence-corrected chi connectivity index (χ0v) is 15.4. The molecule has 5 nitrogen and oxygen atoms in total. The first-order valence-electron chi connectivity index (χ1n) is 6.97. The predicted molar refractivity (Wildman–Crippen MR) is 96.0 cm³/mol. The SMILES string of the molecule is Cl.Nc1ccc2c(c1)CCCC2NS(=O)(=O)c1cncc(Br)c1. The number of nitrogens with one attached hydrogen (secondary N) is 1. The number of benzene rings is 1. The number of pyridine rings is 1. The van der Waals surface area contributed by atoms with Crippen molar-refractivity contribution in [3.05, 3.63) is 52.3 Å². The van der Waals surface area contributed by atoms with Crippen molar-refractivity contribution in [2.45, 2.75) is 30.2 Å². The van der Waals surface area contributed by atoms with Gasteiger partial charge in [-0.1, -0.05) is 6.07 Å². The fraction of sp³-hybridized carbons (Fsp3) is 0.267. The summed E-state index contributed by atoms with van der Waals surface area (Å²) in [5.74, 6) is 0. The normalized spacial score (nSPS) is 17.2. The molecule has 1 aliphatic carbocycles. The molecular weight excluding hydrogens is 402 g/mol. The molecule has 1 aliphatic rings. The summed E-state index contributed by atoms with van der Waals surface area (Å²) in [5, 5.41) is 0. The minimum Gasteiger partial charge on any atom is -0.399 e. The smallest absolute Gasteiger partial charge is 0.242 e. The largest absolute Gasteiger partial charge is 0.399 e. The lowest BCUT2D eigenvalue weighted by Crippen LogP contribution is -2.31. The third-order valence-corrected chi connectivity index (χ3v) is 5.64. The number of fused-ring (bicyclic) bond motifs is 1. The highest BCUT2D eigenvalue weighted by Gasteiger charge is 2.26. The number of sulfonamides is 1. The molecule has 0 bridgehead atoms. The van der Waals surface area contributed by atoms with Gasteiger partial charge in [-0.3, -0.25) is 4.98 Å². The minimum atomic E-state index is -3.61. The van der Waals surface area contributed by atoms with E-state index in [0.29, 0.717) is 10.2 Å². The maximum atomic E-state index is 12.5. The molecule has 1 unspecified atom stereocenters. The molecule has 0 spiro atoms. The molecule has 0 saturated carbocycles. The Labute approximate surface area is 150 Å². The van der Waals surface area contributed by atoms with E-state index in [0.717, 1.165) is 30.4 Å². The van der Waals surface area contributed by atoms with Gasteiger partial charge in [-0.05, 0) is 64.5 Å². The number of aryl methyl sites for hydroxylation is 1. The van der Waals surface area contributed by atoms with Gasteiger partial charge in [0.1, 0.15) is 4.90 Å². The van der Waals surface area contributed by atoms with Crippen molar-refractivity contribution in [3.8, 4) is 0 Å². The Morgan fingerprint density at radius 2 is 2.04 bits per heavy atom. The van der Waals surface area contributed by atoms with Crippen LogP contribution in [-0.2, 0) is 16.4 Å². The van der Waals surface area contributed by atoms with E-state index in [1.165, 1.54) is 6.20 Å². The Bertz CT molecular complexity index is 814. The summed E-state index contributed by atoms with van der Waals surface area (Å²) in [6, 6.07) is 6.97. The maximum absolute atomic E-state index is 12.5. The number of halogens is 2. The fourth-order valence-corrected chi connectivity index (χ4v) is 4.50. The van der Waals surface area contributed by atoms with Gasteiger partial charge in [0.25, 0.3) is 0 Å². The third-order valence-electron chi connectivity index (χ3n) is 3.77. The average molecular weight is 419 g/mol. The fourth-order valence-electron chi connectivity index (χ4n) is 2.75. The molecule has 1 heterocycles. The lowest BCUT2D eigenvalue weighted by atomic mass is 9.88. The monoisotopic (exact) mass is 417 g/mol. The highest BCUT2D eigenvalue weighted by Crippen LogP contribution is 2.32. The Morgan fingerprint density at radius 1 is 1.26 bits per heavy atom. The molecule has 124 valence electrons. The summed E-state index contributed by atoms with van der Waals surface area (Å²) < 4.78 is 28.5. The highest BCUT2D eigenvalue weighted by molar-refractivity contribution is 9.10. The van der Waals surface area contributed by atoms with Crippen molar-refractivity contribution in [2.75, 3.05) is 5.73 Å². The van der Waals surface area contributed by atoms with Crippen LogP contribution >= 0.6 is 28.3 Å². The van der Waals surface area contributed by atoms with Crippen molar-refractivity contribution < 1.29 is 8.42 Å². The summed E-state index contributed by atoms with van der Waals surface area (Å²) in [4.78, 5) is 4.07. The summed E-state index contributed by atoms with van der Waals surface area (Å²) >= 11 is 3.24. The number of nitrogens with zero attached hydrogens (tertiary/aromatic N) is 1. The van der Waals surface area contributed by atoms with Crippen LogP contribution in [0.25, 0.3) is 0 Å². The number of hydrogen-bond donors (Lipinski definition) is 2. The molecule has 0 radical (unpaired) electrons. The number of anilines is 1. The summed E-state index contributed by atoms with van der Waals surface area (Å²) in [5.41, 5.74) is 8.64. The Kier molecular flexibility index (Phi) is 5.67. The molecule has 3 rings (SSSR count). The number of aromatic nitrogens is 1. The van der Waals surface area contributed by atoms with Gasteiger partial charge in [0.15, 0.2) is 0 Å². The number of nitrogens with two attached hydrogens (primary N) is 1. The molecular formula is C15H17BrClN3O2S. The molecule has 3 N–H and O–H groups in total. The second-order valence-corrected chi connectivity index (χ2v) is 7.99. The van der Waals surface area contributed by atoms with Crippen molar-refractivity contribution in [1.82, 2.24) is 9.71 Å². The van der Waals surface area contributed by atoms with Crippen LogP contribution in [0.15, 0.2) is 46.0 Å². The molecule has 1 atom stereocenters. The van der Waals surface area contributed by atoms with Crippen LogP contribution in [0.1, 0.15) is 30.0 Å². The lowest BCUT2D eigenvalue weighted by Gasteiger charge is -2.26. The van der Waals surface area contributed by atoms with Crippen molar-refractivity contribution in [2.24, 2.45) is 0 Å². The van der Waals surface area contributed by atoms with Crippen LogP contribution in [0.5, 0.6) is 0 Å². The summed E-state index contributed by atoms with van der Waals surface area (Å²) in [6.07, 6.45) is 5.53. The van der Waals surface area contributed by atoms with Crippen LogP contribution in [0.3, 0.4) is 0 Å². The van der Waals surface area contributed by atoms with E-state index in [-0.39, 0.29) is 23.3 Å². The lowest BCUT2D eigenvalue weighted by molar-refractivity contribution is 0.507. The topological polar surface area (TPSA) is 85.1 Å². The van der Waals surface area contributed by atoms with Gasteiger partial charge < -0.3 is 5.73 Å². The third kappa shape index (κ3) is 4.03. The molecule has 23 heavy (non-hydrogen) atoms. The quantitative estimate of drug-likeness (QED) is 0.750. The van der Waals surface area contributed by atoms with Crippen molar-refractivity contribution in [1.29, 1.82) is 0 Å². The molecule has 2 aromatic rings. The number of hydrogen-bond acceptors (Lipinski definition) is 4. The van der Waals surface area contributed by atoms with Gasteiger partial charge in [0.2, 0.25) is 10.0 Å². The molecule has 1 aromatic heterocycles. The van der Waals surface area contributed by atoms with Gasteiger partial charge in [-0.15, -0.1) is 12.4 Å². The standard InChI is InChI=1S/C15H16BrN3O2S.ClH/c16-11-7-13(9-18-8-11)22(20,21)19-15-3-1-2-10-6-12(17)4-5-14(10)15;/h4-9,15,19H,1-3,17H2;1H. The maximum Gasteiger partial charge on any atom is 0.242 e. The first kappa shape index (κ1) is 18.2. The van der Waals surface area contributed by atoms with Gasteiger partial charge in [-0.2, -0.15) is 0 Å². The molecule has 1 aromatic carbocycles. The number of rotatable bonds is 3. The molecule has 0 amide bonds. The van der Waals surface area contributed by atoms with E-state index in [4.69, 9.17) is 5.73 Å². The molecule has 0 fully saturated rings. The Morgan fingerprint density at radius 3 is 2.78 bits per heavy atom. The second-order valence-electron chi connectivity index (χ2n) is 5.36. The Balaban J connectivity index is 0.00000192.